The van der Waals surface area contributed by atoms with Crippen molar-refractivity contribution in [1.29, 1.82) is 0 Å². The predicted molar refractivity (Wildman–Crippen MR) is 81.1 cm³/mol. The fourth-order valence-electron chi connectivity index (χ4n) is 3.34. The minimum absolute atomic E-state index is 0.0707. The quantitative estimate of drug-likeness (QED) is 0.821. The molecule has 0 unspecified atom stereocenters. The Bertz CT molecular complexity index is 741. The molecule has 2 aromatic rings. The second-order valence-electron chi connectivity index (χ2n) is 5.78. The number of halogens is 1. The molecule has 0 N–H and O–H groups in total. The number of amides is 1. The summed E-state index contributed by atoms with van der Waals surface area (Å²) in [7, 11) is 0. The van der Waals surface area contributed by atoms with Crippen LogP contribution >= 0.6 is 11.6 Å². The van der Waals surface area contributed by atoms with Crippen LogP contribution in [0.4, 0.5) is 0 Å². The molecule has 0 bridgehead atoms. The number of piperidine rings is 1. The summed E-state index contributed by atoms with van der Waals surface area (Å²) in [4.78, 5) is 14.6. The maximum atomic E-state index is 12.8. The van der Waals surface area contributed by atoms with Crippen LogP contribution in [0.2, 0.25) is 5.02 Å². The lowest BCUT2D eigenvalue weighted by Gasteiger charge is -2.40. The van der Waals surface area contributed by atoms with Gasteiger partial charge in [0.2, 0.25) is 0 Å². The van der Waals surface area contributed by atoms with Gasteiger partial charge in [0.05, 0.1) is 41.9 Å². The molecule has 2 aliphatic heterocycles. The maximum absolute atomic E-state index is 12.8. The Balaban J connectivity index is 1.55. The highest BCUT2D eigenvalue weighted by Crippen LogP contribution is 2.31. The maximum Gasteiger partial charge on any atom is 0.273 e. The summed E-state index contributed by atoms with van der Waals surface area (Å²) in [5.74, 6) is -0.0965. The van der Waals surface area contributed by atoms with Gasteiger partial charge in [-0.15, -0.1) is 5.10 Å². The Labute approximate surface area is 138 Å². The van der Waals surface area contributed by atoms with E-state index in [4.69, 9.17) is 16.3 Å². The van der Waals surface area contributed by atoms with Crippen molar-refractivity contribution in [2.24, 2.45) is 0 Å². The van der Waals surface area contributed by atoms with Crippen molar-refractivity contribution in [2.45, 2.75) is 38.6 Å². The molecule has 1 amide bonds. The number of carbonyl (C=O) groups is 1. The van der Waals surface area contributed by atoms with Crippen molar-refractivity contribution in [1.82, 2.24) is 29.7 Å². The average molecular weight is 337 g/mol. The summed E-state index contributed by atoms with van der Waals surface area (Å²) in [6, 6.07) is 0.136. The van der Waals surface area contributed by atoms with E-state index in [1.165, 1.54) is 6.20 Å². The van der Waals surface area contributed by atoms with E-state index in [1.54, 1.807) is 15.8 Å². The van der Waals surface area contributed by atoms with Gasteiger partial charge < -0.3 is 9.64 Å². The van der Waals surface area contributed by atoms with Gasteiger partial charge in [-0.05, 0) is 13.3 Å². The molecule has 0 spiro atoms. The van der Waals surface area contributed by atoms with Crippen molar-refractivity contribution in [3.05, 3.63) is 28.8 Å². The van der Waals surface area contributed by atoms with E-state index in [0.717, 1.165) is 12.1 Å². The molecule has 0 radical (unpaired) electrons. The smallest absolute Gasteiger partial charge is 0.273 e. The van der Waals surface area contributed by atoms with Crippen molar-refractivity contribution < 1.29 is 9.53 Å². The van der Waals surface area contributed by atoms with Crippen LogP contribution in [0, 0.1) is 0 Å². The lowest BCUT2D eigenvalue weighted by molar-refractivity contribution is -0.0629. The Morgan fingerprint density at radius 1 is 1.48 bits per heavy atom. The second kappa shape index (κ2) is 5.61. The normalized spacial score (nSPS) is 23.5. The zero-order valence-electron chi connectivity index (χ0n) is 12.7. The molecule has 1 fully saturated rings. The van der Waals surface area contributed by atoms with Gasteiger partial charge in [0, 0.05) is 19.6 Å². The molecule has 2 atom stereocenters. The second-order valence-corrected chi connectivity index (χ2v) is 6.19. The first kappa shape index (κ1) is 14.6. The van der Waals surface area contributed by atoms with E-state index < -0.39 is 0 Å². The summed E-state index contributed by atoms with van der Waals surface area (Å²) < 4.78 is 9.46. The molecule has 1 saturated heterocycles. The van der Waals surface area contributed by atoms with Gasteiger partial charge in [0.1, 0.15) is 5.69 Å². The lowest BCUT2D eigenvalue weighted by Crippen LogP contribution is -2.50. The molecular formula is C14H17ClN6O2. The fourth-order valence-corrected chi connectivity index (χ4v) is 3.56. The summed E-state index contributed by atoms with van der Waals surface area (Å²) in [6.45, 7) is 4.17. The fraction of sp³-hybridized carbons (Fsp3) is 0.571. The number of carbonyl (C=O) groups excluding carboxylic acids is 1. The molecule has 122 valence electrons. The van der Waals surface area contributed by atoms with Crippen LogP contribution in [0.15, 0.2) is 12.4 Å². The van der Waals surface area contributed by atoms with Gasteiger partial charge in [0.25, 0.3) is 5.91 Å². The van der Waals surface area contributed by atoms with Crippen LogP contribution in [-0.4, -0.2) is 54.8 Å². The number of fused-ring (bicyclic) bond motifs is 3. The van der Waals surface area contributed by atoms with Crippen molar-refractivity contribution >= 4 is 17.5 Å². The minimum Gasteiger partial charge on any atom is -0.368 e. The van der Waals surface area contributed by atoms with Gasteiger partial charge in [-0.2, -0.15) is 5.10 Å². The highest BCUT2D eigenvalue weighted by atomic mass is 35.5. The van der Waals surface area contributed by atoms with Crippen LogP contribution in [-0.2, 0) is 17.9 Å². The van der Waals surface area contributed by atoms with E-state index in [1.807, 2.05) is 11.6 Å². The molecule has 2 aromatic heterocycles. The SMILES string of the molecule is CCn1ncc(Cl)c1C(=O)N1CC[C@H]2[C@H](C1)OCc1cnnn12. The number of rotatable bonds is 2. The molecule has 0 saturated carbocycles. The number of aromatic nitrogens is 5. The van der Waals surface area contributed by atoms with E-state index in [0.29, 0.717) is 37.0 Å². The number of hydrogen-bond donors (Lipinski definition) is 0. The number of ether oxygens (including phenoxy) is 1. The topological polar surface area (TPSA) is 78.1 Å². The largest absolute Gasteiger partial charge is 0.368 e. The third-order valence-electron chi connectivity index (χ3n) is 4.52. The summed E-state index contributed by atoms with van der Waals surface area (Å²) >= 11 is 6.14. The average Bonchev–Trinajstić information content (AvgIpc) is 3.19. The molecule has 0 aromatic carbocycles. The number of nitrogens with zero attached hydrogens (tertiary/aromatic N) is 6. The molecule has 4 heterocycles. The monoisotopic (exact) mass is 336 g/mol. The van der Waals surface area contributed by atoms with E-state index >= 15 is 0 Å². The zero-order valence-corrected chi connectivity index (χ0v) is 13.5. The lowest BCUT2D eigenvalue weighted by atomic mass is 10.00. The summed E-state index contributed by atoms with van der Waals surface area (Å²) in [5, 5.41) is 12.6. The highest BCUT2D eigenvalue weighted by molar-refractivity contribution is 6.33. The molecule has 0 aliphatic carbocycles. The Hall–Kier alpha value is -1.93. The van der Waals surface area contributed by atoms with E-state index in [9.17, 15) is 4.79 Å². The molecule has 8 nitrogen and oxygen atoms in total. The third kappa shape index (κ3) is 2.33. The molecular weight excluding hydrogens is 320 g/mol. The molecule has 2 aliphatic rings. The van der Waals surface area contributed by atoms with E-state index in [-0.39, 0.29) is 18.1 Å². The molecule has 9 heteroatoms. The van der Waals surface area contributed by atoms with Gasteiger partial charge in [-0.3, -0.25) is 9.48 Å². The number of likely N-dealkylation sites (tertiary alicyclic amines) is 1. The van der Waals surface area contributed by atoms with Crippen LogP contribution < -0.4 is 0 Å². The van der Waals surface area contributed by atoms with Gasteiger partial charge >= 0.3 is 0 Å². The summed E-state index contributed by atoms with van der Waals surface area (Å²) in [6.07, 6.45) is 3.96. The molecule has 4 rings (SSSR count). The first-order valence-electron chi connectivity index (χ1n) is 7.70. The Morgan fingerprint density at radius 2 is 2.35 bits per heavy atom. The Kier molecular flexibility index (Phi) is 3.57. The van der Waals surface area contributed by atoms with Crippen LogP contribution in [0.25, 0.3) is 0 Å². The van der Waals surface area contributed by atoms with Crippen LogP contribution in [0.3, 0.4) is 0 Å². The van der Waals surface area contributed by atoms with Crippen LogP contribution in [0.5, 0.6) is 0 Å². The van der Waals surface area contributed by atoms with Crippen molar-refractivity contribution in [3.8, 4) is 0 Å². The predicted octanol–water partition coefficient (Wildman–Crippen LogP) is 1.13. The van der Waals surface area contributed by atoms with Crippen LogP contribution in [0.1, 0.15) is 35.6 Å². The number of hydrogen-bond acceptors (Lipinski definition) is 5. The van der Waals surface area contributed by atoms with Gasteiger partial charge in [-0.1, -0.05) is 16.8 Å². The highest BCUT2D eigenvalue weighted by Gasteiger charge is 2.38. The standard InChI is InChI=1S/C14H17ClN6O2/c1-2-20-13(10(15)6-17-20)14(22)19-4-3-11-12(7-19)23-8-9-5-16-18-21(9)11/h5-6,11-12H,2-4,7-8H2,1H3/t11-,12-/m0/s1. The summed E-state index contributed by atoms with van der Waals surface area (Å²) in [5.41, 5.74) is 1.43. The number of aryl methyl sites for hydroxylation is 1. The molecule has 23 heavy (non-hydrogen) atoms. The van der Waals surface area contributed by atoms with Gasteiger partial charge in [-0.25, -0.2) is 4.68 Å². The Morgan fingerprint density at radius 3 is 3.17 bits per heavy atom. The van der Waals surface area contributed by atoms with Crippen molar-refractivity contribution in [2.75, 3.05) is 13.1 Å². The first-order valence-corrected chi connectivity index (χ1v) is 8.08. The van der Waals surface area contributed by atoms with E-state index in [2.05, 4.69) is 15.4 Å². The van der Waals surface area contributed by atoms with Gasteiger partial charge in [0.15, 0.2) is 0 Å². The van der Waals surface area contributed by atoms with Crippen molar-refractivity contribution in [3.63, 3.8) is 0 Å². The third-order valence-corrected chi connectivity index (χ3v) is 4.79. The first-order chi connectivity index (χ1) is 11.2. The zero-order chi connectivity index (χ0) is 16.0. The minimum atomic E-state index is -0.0965.